The van der Waals surface area contributed by atoms with Crippen LogP contribution in [0.15, 0.2) is 48.5 Å². The molecule has 2 unspecified atom stereocenters. The molecule has 0 bridgehead atoms. The lowest BCUT2D eigenvalue weighted by Crippen LogP contribution is -2.49. The van der Waals surface area contributed by atoms with Gasteiger partial charge in [-0.2, -0.15) is 5.26 Å². The molecule has 2 fully saturated rings. The highest BCUT2D eigenvalue weighted by Gasteiger charge is 2.34. The van der Waals surface area contributed by atoms with Crippen molar-refractivity contribution >= 4 is 6.09 Å². The fourth-order valence-corrected chi connectivity index (χ4v) is 5.36. The number of piperazine rings is 1. The second kappa shape index (κ2) is 12.2. The number of carbonyl (C=O) groups excluding carboxylic acids is 1. The number of hydrogen-bond donors (Lipinski definition) is 0. The first-order valence-corrected chi connectivity index (χ1v) is 13.1. The first kappa shape index (κ1) is 25.2. The molecular formula is C29H38N4O2. The van der Waals surface area contributed by atoms with Crippen LogP contribution in [0.4, 0.5) is 4.79 Å². The van der Waals surface area contributed by atoms with Crippen molar-refractivity contribution in [3.63, 3.8) is 0 Å². The van der Waals surface area contributed by atoms with E-state index in [1.165, 1.54) is 24.8 Å². The summed E-state index contributed by atoms with van der Waals surface area (Å²) >= 11 is 0. The van der Waals surface area contributed by atoms with E-state index in [-0.39, 0.29) is 12.1 Å². The highest BCUT2D eigenvalue weighted by molar-refractivity contribution is 5.70. The molecule has 6 nitrogen and oxygen atoms in total. The normalized spacial score (nSPS) is 20.0. The Hall–Kier alpha value is -2.88. The van der Waals surface area contributed by atoms with E-state index in [0.717, 1.165) is 55.8 Å². The van der Waals surface area contributed by atoms with Crippen LogP contribution in [0.3, 0.4) is 0 Å². The van der Waals surface area contributed by atoms with Crippen LogP contribution < -0.4 is 0 Å². The van der Waals surface area contributed by atoms with Gasteiger partial charge in [0.05, 0.1) is 17.7 Å². The van der Waals surface area contributed by atoms with E-state index in [4.69, 9.17) is 4.74 Å². The second-order valence-electron chi connectivity index (χ2n) is 9.77. The first-order valence-electron chi connectivity index (χ1n) is 13.1. The number of rotatable bonds is 10. The van der Waals surface area contributed by atoms with Gasteiger partial charge in [-0.1, -0.05) is 68.7 Å². The van der Waals surface area contributed by atoms with Gasteiger partial charge in [-0.3, -0.25) is 14.7 Å². The van der Waals surface area contributed by atoms with Crippen molar-refractivity contribution in [2.45, 2.75) is 51.6 Å². The summed E-state index contributed by atoms with van der Waals surface area (Å²) in [5.41, 5.74) is 4.29. The van der Waals surface area contributed by atoms with Gasteiger partial charge in [-0.15, -0.1) is 0 Å². The van der Waals surface area contributed by atoms with E-state index in [2.05, 4.69) is 47.1 Å². The number of hydrogen-bond acceptors (Lipinski definition) is 5. The zero-order valence-electron chi connectivity index (χ0n) is 21.2. The molecule has 4 rings (SSSR count). The SMILES string of the molecule is CCCCCC(c1ccc(C#N)c(C)c1)N1CCN(CCN2C(=O)OCC2c2ccccc2)CC1. The lowest BCUT2D eigenvalue weighted by atomic mass is 9.95. The quantitative estimate of drug-likeness (QED) is 0.438. The van der Waals surface area contributed by atoms with E-state index >= 15 is 0 Å². The van der Waals surface area contributed by atoms with Crippen LogP contribution in [0.25, 0.3) is 0 Å². The van der Waals surface area contributed by atoms with Crippen molar-refractivity contribution in [2.24, 2.45) is 0 Å². The molecular weight excluding hydrogens is 436 g/mol. The van der Waals surface area contributed by atoms with Crippen molar-refractivity contribution in [1.82, 2.24) is 14.7 Å². The van der Waals surface area contributed by atoms with Gasteiger partial charge < -0.3 is 4.74 Å². The average molecular weight is 475 g/mol. The lowest BCUT2D eigenvalue weighted by molar-refractivity contribution is 0.0836. The monoisotopic (exact) mass is 474 g/mol. The van der Waals surface area contributed by atoms with Crippen LogP contribution in [0.5, 0.6) is 0 Å². The lowest BCUT2D eigenvalue weighted by Gasteiger charge is -2.40. The predicted molar refractivity (Wildman–Crippen MR) is 138 cm³/mol. The maximum absolute atomic E-state index is 12.4. The smallest absolute Gasteiger partial charge is 0.410 e. The van der Waals surface area contributed by atoms with Crippen LogP contribution in [-0.4, -0.2) is 66.7 Å². The topological polar surface area (TPSA) is 59.8 Å². The number of amides is 1. The van der Waals surface area contributed by atoms with Crippen LogP contribution in [0.2, 0.25) is 0 Å². The summed E-state index contributed by atoms with van der Waals surface area (Å²) in [6.07, 6.45) is 4.64. The summed E-state index contributed by atoms with van der Waals surface area (Å²) in [5.74, 6) is 0. The number of ether oxygens (including phenoxy) is 1. The molecule has 0 spiro atoms. The molecule has 2 saturated heterocycles. The Balaban J connectivity index is 1.34. The van der Waals surface area contributed by atoms with E-state index < -0.39 is 0 Å². The summed E-state index contributed by atoms with van der Waals surface area (Å²) in [6, 6.07) is 19.2. The highest BCUT2D eigenvalue weighted by atomic mass is 16.6. The van der Waals surface area contributed by atoms with Gasteiger partial charge in [0.25, 0.3) is 0 Å². The molecule has 2 heterocycles. The Bertz CT molecular complexity index is 1010. The zero-order chi connectivity index (χ0) is 24.6. The summed E-state index contributed by atoms with van der Waals surface area (Å²) < 4.78 is 5.38. The van der Waals surface area contributed by atoms with Gasteiger partial charge in [0, 0.05) is 45.3 Å². The molecule has 6 heteroatoms. The fraction of sp³-hybridized carbons (Fsp3) is 0.517. The Labute approximate surface area is 210 Å². The van der Waals surface area contributed by atoms with Gasteiger partial charge in [-0.05, 0) is 36.1 Å². The summed E-state index contributed by atoms with van der Waals surface area (Å²) in [4.78, 5) is 19.4. The van der Waals surface area contributed by atoms with Gasteiger partial charge in [0.15, 0.2) is 0 Å². The van der Waals surface area contributed by atoms with Crippen molar-refractivity contribution < 1.29 is 9.53 Å². The van der Waals surface area contributed by atoms with Crippen LogP contribution >= 0.6 is 0 Å². The summed E-state index contributed by atoms with van der Waals surface area (Å²) in [7, 11) is 0. The first-order chi connectivity index (χ1) is 17.1. The molecule has 2 aromatic carbocycles. The number of nitrogens with zero attached hydrogens (tertiary/aromatic N) is 4. The zero-order valence-corrected chi connectivity index (χ0v) is 21.2. The van der Waals surface area contributed by atoms with Crippen molar-refractivity contribution in [3.8, 4) is 6.07 Å². The van der Waals surface area contributed by atoms with Crippen LogP contribution in [-0.2, 0) is 4.74 Å². The van der Waals surface area contributed by atoms with Gasteiger partial charge in [-0.25, -0.2) is 4.79 Å². The van der Waals surface area contributed by atoms with Gasteiger partial charge in [0.1, 0.15) is 6.61 Å². The van der Waals surface area contributed by atoms with Crippen LogP contribution in [0, 0.1) is 18.3 Å². The van der Waals surface area contributed by atoms with E-state index in [1.807, 2.05) is 36.1 Å². The molecule has 2 atom stereocenters. The molecule has 2 aliphatic rings. The second-order valence-corrected chi connectivity index (χ2v) is 9.77. The third kappa shape index (κ3) is 6.22. The molecule has 186 valence electrons. The molecule has 0 aliphatic carbocycles. The predicted octanol–water partition coefficient (Wildman–Crippen LogP) is 5.30. The number of carbonyl (C=O) groups is 1. The van der Waals surface area contributed by atoms with Gasteiger partial charge >= 0.3 is 6.09 Å². The molecule has 35 heavy (non-hydrogen) atoms. The molecule has 1 amide bonds. The van der Waals surface area contributed by atoms with Gasteiger partial charge in [0.2, 0.25) is 0 Å². The third-order valence-electron chi connectivity index (χ3n) is 7.50. The minimum atomic E-state index is -0.204. The van der Waals surface area contributed by atoms with E-state index in [9.17, 15) is 10.1 Å². The Morgan fingerprint density at radius 2 is 1.83 bits per heavy atom. The molecule has 0 aromatic heterocycles. The average Bonchev–Trinajstić information content (AvgIpc) is 3.26. The number of benzene rings is 2. The van der Waals surface area contributed by atoms with Crippen LogP contribution in [0.1, 0.15) is 66.9 Å². The van der Waals surface area contributed by atoms with Crippen molar-refractivity contribution in [1.29, 1.82) is 5.26 Å². The number of unbranched alkanes of at least 4 members (excludes halogenated alkanes) is 2. The summed E-state index contributed by atoms with van der Waals surface area (Å²) in [5, 5.41) is 9.33. The standard InChI is InChI=1S/C29H38N4O2/c1-3-4-6-11-27(25-12-13-26(21-30)23(2)20-25)32-17-14-31(15-18-32)16-19-33-28(22-35-29(33)34)24-9-7-5-8-10-24/h5,7-10,12-13,20,27-28H,3-4,6,11,14-19,22H2,1-2H3. The van der Waals surface area contributed by atoms with Crippen molar-refractivity contribution in [3.05, 3.63) is 70.8 Å². The maximum Gasteiger partial charge on any atom is 0.410 e. The maximum atomic E-state index is 12.4. The molecule has 2 aliphatic heterocycles. The van der Waals surface area contributed by atoms with Crippen molar-refractivity contribution in [2.75, 3.05) is 45.9 Å². The number of cyclic esters (lactones) is 1. The molecule has 2 aromatic rings. The molecule has 0 saturated carbocycles. The minimum Gasteiger partial charge on any atom is -0.447 e. The third-order valence-corrected chi connectivity index (χ3v) is 7.50. The Morgan fingerprint density at radius 3 is 2.51 bits per heavy atom. The van der Waals surface area contributed by atoms with E-state index in [0.29, 0.717) is 19.2 Å². The number of nitriles is 1. The highest BCUT2D eigenvalue weighted by Crippen LogP contribution is 2.30. The minimum absolute atomic E-state index is 0.00700. The number of aryl methyl sites for hydroxylation is 1. The van der Waals surface area contributed by atoms with E-state index in [1.54, 1.807) is 0 Å². The molecule has 0 N–H and O–H groups in total. The Morgan fingerprint density at radius 1 is 1.06 bits per heavy atom. The fourth-order valence-electron chi connectivity index (χ4n) is 5.36. The largest absolute Gasteiger partial charge is 0.447 e. The Kier molecular flexibility index (Phi) is 8.79. The summed E-state index contributed by atoms with van der Waals surface area (Å²) in [6.45, 7) is 10.3. The molecule has 0 radical (unpaired) electrons.